The molecule has 1 atom stereocenters. The number of primary amides is 1. The number of carbonyl (C=O) groups excluding carboxylic acids is 1. The highest BCUT2D eigenvalue weighted by Crippen LogP contribution is 2.21. The predicted molar refractivity (Wildman–Crippen MR) is 82.3 cm³/mol. The Labute approximate surface area is 124 Å². The quantitative estimate of drug-likeness (QED) is 0.544. The van der Waals surface area contributed by atoms with Crippen LogP contribution in [0.3, 0.4) is 0 Å². The van der Waals surface area contributed by atoms with Crippen molar-refractivity contribution in [2.45, 2.75) is 43.5 Å². The third-order valence-corrected chi connectivity index (χ3v) is 4.36. The summed E-state index contributed by atoms with van der Waals surface area (Å²) in [5, 5.41) is 3.15. The van der Waals surface area contributed by atoms with E-state index < -0.39 is 5.54 Å². The molecule has 0 bridgehead atoms. The largest absolute Gasteiger partial charge is 0.368 e. The van der Waals surface area contributed by atoms with Crippen LogP contribution in [0.15, 0.2) is 29.2 Å². The lowest BCUT2D eigenvalue weighted by Gasteiger charge is -2.26. The Bertz CT molecular complexity index is 424. The number of likely N-dealkylation sites (N-methyl/N-ethyl adjacent to an activating group) is 1. The van der Waals surface area contributed by atoms with Crippen LogP contribution in [0.5, 0.6) is 0 Å². The van der Waals surface area contributed by atoms with Crippen LogP contribution in [0.4, 0.5) is 4.39 Å². The molecular formula is C15H23FN2OS. The Morgan fingerprint density at radius 1 is 1.35 bits per heavy atom. The van der Waals surface area contributed by atoms with Gasteiger partial charge in [-0.05, 0) is 56.3 Å². The fraction of sp³-hybridized carbons (Fsp3) is 0.533. The molecular weight excluding hydrogens is 275 g/mol. The van der Waals surface area contributed by atoms with E-state index in [1.54, 1.807) is 23.9 Å². The van der Waals surface area contributed by atoms with Crippen LogP contribution in [-0.4, -0.2) is 23.7 Å². The molecule has 5 heteroatoms. The van der Waals surface area contributed by atoms with E-state index in [1.165, 1.54) is 12.1 Å². The first-order valence-corrected chi connectivity index (χ1v) is 7.90. The summed E-state index contributed by atoms with van der Waals surface area (Å²) < 4.78 is 12.7. The van der Waals surface area contributed by atoms with E-state index in [-0.39, 0.29) is 11.7 Å². The van der Waals surface area contributed by atoms with E-state index in [4.69, 9.17) is 5.73 Å². The molecule has 0 aliphatic heterocycles. The minimum absolute atomic E-state index is 0.211. The van der Waals surface area contributed by atoms with E-state index in [0.717, 1.165) is 36.5 Å². The minimum Gasteiger partial charge on any atom is -0.368 e. The highest BCUT2D eigenvalue weighted by atomic mass is 32.2. The van der Waals surface area contributed by atoms with Gasteiger partial charge in [-0.3, -0.25) is 4.79 Å². The Morgan fingerprint density at radius 2 is 2.00 bits per heavy atom. The van der Waals surface area contributed by atoms with Crippen molar-refractivity contribution in [3.63, 3.8) is 0 Å². The highest BCUT2D eigenvalue weighted by Gasteiger charge is 2.28. The fourth-order valence-corrected chi connectivity index (χ4v) is 2.90. The third kappa shape index (κ3) is 5.51. The van der Waals surface area contributed by atoms with Crippen LogP contribution in [0.2, 0.25) is 0 Å². The maximum Gasteiger partial charge on any atom is 0.237 e. The van der Waals surface area contributed by atoms with Gasteiger partial charge in [0, 0.05) is 4.90 Å². The summed E-state index contributed by atoms with van der Waals surface area (Å²) >= 11 is 1.70. The number of halogens is 1. The van der Waals surface area contributed by atoms with E-state index in [9.17, 15) is 9.18 Å². The summed E-state index contributed by atoms with van der Waals surface area (Å²) in [5.74, 6) is 0.440. The van der Waals surface area contributed by atoms with Crippen molar-refractivity contribution in [1.29, 1.82) is 0 Å². The molecule has 3 N–H and O–H groups in total. The fourth-order valence-electron chi connectivity index (χ4n) is 1.99. The second kappa shape index (κ2) is 8.27. The number of hydrogen-bond acceptors (Lipinski definition) is 3. The van der Waals surface area contributed by atoms with Crippen molar-refractivity contribution < 1.29 is 9.18 Å². The number of nitrogens with one attached hydrogen (secondary N) is 1. The van der Waals surface area contributed by atoms with Gasteiger partial charge in [-0.1, -0.05) is 13.3 Å². The van der Waals surface area contributed by atoms with Crippen LogP contribution in [0, 0.1) is 5.82 Å². The molecule has 1 aromatic rings. The lowest BCUT2D eigenvalue weighted by atomic mass is 9.94. The van der Waals surface area contributed by atoms with E-state index in [0.29, 0.717) is 0 Å². The predicted octanol–water partition coefficient (Wildman–Crippen LogP) is 2.94. The summed E-state index contributed by atoms with van der Waals surface area (Å²) in [6.45, 7) is 4.54. The van der Waals surface area contributed by atoms with Gasteiger partial charge in [0.2, 0.25) is 5.91 Å². The molecule has 20 heavy (non-hydrogen) atoms. The molecule has 0 aliphatic carbocycles. The minimum atomic E-state index is -0.616. The SMILES string of the molecule is CCNC(C)(CCCCSc1ccc(F)cc1)C(N)=O. The summed E-state index contributed by atoms with van der Waals surface area (Å²) in [6.07, 6.45) is 2.66. The maximum absolute atomic E-state index is 12.7. The summed E-state index contributed by atoms with van der Waals surface area (Å²) in [7, 11) is 0. The zero-order chi connectivity index (χ0) is 15.0. The Hall–Kier alpha value is -1.07. The molecule has 0 aliphatic rings. The molecule has 0 fully saturated rings. The molecule has 1 rings (SSSR count). The molecule has 0 spiro atoms. The molecule has 0 saturated carbocycles. The first-order valence-electron chi connectivity index (χ1n) is 6.91. The molecule has 0 heterocycles. The van der Waals surface area contributed by atoms with E-state index >= 15 is 0 Å². The molecule has 112 valence electrons. The lowest BCUT2D eigenvalue weighted by Crippen LogP contribution is -2.52. The van der Waals surface area contributed by atoms with Gasteiger partial charge >= 0.3 is 0 Å². The van der Waals surface area contributed by atoms with Gasteiger partial charge in [0.25, 0.3) is 0 Å². The van der Waals surface area contributed by atoms with Crippen molar-refractivity contribution in [2.75, 3.05) is 12.3 Å². The van der Waals surface area contributed by atoms with Crippen LogP contribution >= 0.6 is 11.8 Å². The Morgan fingerprint density at radius 3 is 2.55 bits per heavy atom. The van der Waals surface area contributed by atoms with Crippen molar-refractivity contribution in [3.05, 3.63) is 30.1 Å². The van der Waals surface area contributed by atoms with Gasteiger partial charge in [-0.15, -0.1) is 11.8 Å². The molecule has 1 amide bonds. The molecule has 0 aromatic heterocycles. The molecule has 0 saturated heterocycles. The second-order valence-corrected chi connectivity index (χ2v) is 6.15. The van der Waals surface area contributed by atoms with E-state index in [1.807, 2.05) is 13.8 Å². The van der Waals surface area contributed by atoms with E-state index in [2.05, 4.69) is 5.32 Å². The monoisotopic (exact) mass is 298 g/mol. The summed E-state index contributed by atoms with van der Waals surface area (Å²) in [4.78, 5) is 12.5. The summed E-state index contributed by atoms with van der Waals surface area (Å²) in [6, 6.07) is 6.51. The van der Waals surface area contributed by atoms with Gasteiger partial charge in [0.1, 0.15) is 5.82 Å². The van der Waals surface area contributed by atoms with Crippen molar-refractivity contribution in [2.24, 2.45) is 5.73 Å². The van der Waals surface area contributed by atoms with Crippen LogP contribution in [-0.2, 0) is 4.79 Å². The van der Waals surface area contributed by atoms with Gasteiger partial charge in [0.05, 0.1) is 5.54 Å². The van der Waals surface area contributed by atoms with Crippen LogP contribution < -0.4 is 11.1 Å². The van der Waals surface area contributed by atoms with Gasteiger partial charge < -0.3 is 11.1 Å². The standard InChI is InChI=1S/C15H23FN2OS/c1-3-18-15(2,14(17)19)10-4-5-11-20-13-8-6-12(16)7-9-13/h6-9,18H,3-5,10-11H2,1-2H3,(H2,17,19). The molecule has 3 nitrogen and oxygen atoms in total. The lowest BCUT2D eigenvalue weighted by molar-refractivity contribution is -0.124. The molecule has 1 aromatic carbocycles. The van der Waals surface area contributed by atoms with Crippen molar-refractivity contribution in [3.8, 4) is 0 Å². The number of benzene rings is 1. The number of carbonyl (C=O) groups is 1. The topological polar surface area (TPSA) is 55.1 Å². The van der Waals surface area contributed by atoms with Gasteiger partial charge in [-0.2, -0.15) is 0 Å². The third-order valence-electron chi connectivity index (χ3n) is 3.26. The number of unbranched alkanes of at least 4 members (excludes halogenated alkanes) is 1. The average molecular weight is 298 g/mol. The van der Waals surface area contributed by atoms with Crippen molar-refractivity contribution >= 4 is 17.7 Å². The number of rotatable bonds is 9. The Kier molecular flexibility index (Phi) is 7.02. The van der Waals surface area contributed by atoms with Crippen LogP contribution in [0.1, 0.15) is 33.1 Å². The number of thioether (sulfide) groups is 1. The maximum atomic E-state index is 12.7. The van der Waals surface area contributed by atoms with Crippen LogP contribution in [0.25, 0.3) is 0 Å². The highest BCUT2D eigenvalue weighted by molar-refractivity contribution is 7.99. The van der Waals surface area contributed by atoms with Gasteiger partial charge in [0.15, 0.2) is 0 Å². The zero-order valence-electron chi connectivity index (χ0n) is 12.1. The number of amides is 1. The smallest absolute Gasteiger partial charge is 0.237 e. The zero-order valence-corrected chi connectivity index (χ0v) is 12.9. The second-order valence-electron chi connectivity index (χ2n) is 4.99. The number of hydrogen-bond donors (Lipinski definition) is 2. The first-order chi connectivity index (χ1) is 9.48. The molecule has 1 unspecified atom stereocenters. The number of nitrogens with two attached hydrogens (primary N) is 1. The first kappa shape index (κ1) is 17.0. The van der Waals surface area contributed by atoms with Gasteiger partial charge in [-0.25, -0.2) is 4.39 Å². The summed E-state index contributed by atoms with van der Waals surface area (Å²) in [5.41, 5.74) is 4.82. The Balaban J connectivity index is 2.27. The molecule has 0 radical (unpaired) electrons. The normalized spacial score (nSPS) is 13.9. The average Bonchev–Trinajstić information content (AvgIpc) is 2.40. The van der Waals surface area contributed by atoms with Crippen molar-refractivity contribution in [1.82, 2.24) is 5.32 Å².